The van der Waals surface area contributed by atoms with Crippen LogP contribution in [0.2, 0.25) is 0 Å². The molecule has 14 heteroatoms. The Kier molecular flexibility index (Phi) is 13.7. The van der Waals surface area contributed by atoms with Crippen molar-refractivity contribution in [1.29, 1.82) is 0 Å². The molecular formula is C40H59F3N2O9. The molecule has 2 saturated heterocycles. The highest BCUT2D eigenvalue weighted by molar-refractivity contribution is 5.88. The van der Waals surface area contributed by atoms with Crippen LogP contribution in [0.5, 0.6) is 0 Å². The predicted octanol–water partition coefficient (Wildman–Crippen LogP) is 6.19. The Hall–Kier alpha value is -3.04. The molecule has 1 N–H and O–H groups in total. The first kappa shape index (κ1) is 43.7. The van der Waals surface area contributed by atoms with E-state index in [0.717, 1.165) is 12.1 Å². The van der Waals surface area contributed by atoms with Gasteiger partial charge in [-0.25, -0.2) is 9.59 Å². The predicted molar refractivity (Wildman–Crippen MR) is 194 cm³/mol. The quantitative estimate of drug-likeness (QED) is 0.306. The van der Waals surface area contributed by atoms with Crippen LogP contribution in [0, 0.1) is 17.8 Å². The number of esters is 1. The van der Waals surface area contributed by atoms with E-state index in [9.17, 15) is 32.7 Å². The van der Waals surface area contributed by atoms with Gasteiger partial charge in [0.2, 0.25) is 0 Å². The van der Waals surface area contributed by atoms with Crippen LogP contribution in [0.3, 0.4) is 0 Å². The lowest BCUT2D eigenvalue weighted by Gasteiger charge is -2.47. The maximum absolute atomic E-state index is 14.6. The van der Waals surface area contributed by atoms with Crippen molar-refractivity contribution in [2.24, 2.45) is 17.8 Å². The zero-order valence-corrected chi connectivity index (χ0v) is 33.4. The standard InChI is InChI=1S/C40H59F3N2O9/c1-12-30-39(8)33(45(37(49)54-39)17-16-27-14-13-15-28(20-27)40(41,42)43)26(6)31(46)24(4)21-38(7,50-11)34(22(2)18-23(3)35(48)52-30)53-36-32(47)29(44(9)10)19-25(5)51-36/h13-15,18,20,22,24-26,29-30,32-34,36,47H,12,16-17,19,21H2,1-11H3/b23-18+/t22-,24+,25+,26-,29-,30+,32+,33+,34+,36-,38+,39+/m0/s1. The average molecular weight is 769 g/mol. The highest BCUT2D eigenvalue weighted by Crippen LogP contribution is 2.43. The number of hydrogen-bond acceptors (Lipinski definition) is 10. The fourth-order valence-corrected chi connectivity index (χ4v) is 8.77. The van der Waals surface area contributed by atoms with Crippen molar-refractivity contribution in [2.75, 3.05) is 27.7 Å². The van der Waals surface area contributed by atoms with Gasteiger partial charge < -0.3 is 33.7 Å². The molecule has 1 aromatic rings. The molecule has 0 saturated carbocycles. The molecule has 0 aliphatic carbocycles. The minimum Gasteiger partial charge on any atom is -0.455 e. The third-order valence-electron chi connectivity index (χ3n) is 11.7. The molecule has 3 aliphatic heterocycles. The number of ether oxygens (including phenoxy) is 5. The van der Waals surface area contributed by atoms with Crippen molar-refractivity contribution in [3.8, 4) is 0 Å². The monoisotopic (exact) mass is 768 g/mol. The van der Waals surface area contributed by atoms with Crippen LogP contribution in [0.25, 0.3) is 0 Å². The average Bonchev–Trinajstić information content (AvgIpc) is 3.36. The number of Topliss-reactive ketones (excluding diaryl/α,β-unsaturated/α-hetero) is 1. The lowest BCUT2D eigenvalue weighted by atomic mass is 9.74. The summed E-state index contributed by atoms with van der Waals surface area (Å²) >= 11 is 0. The number of methoxy groups -OCH3 is 1. The number of rotatable bonds is 8. The van der Waals surface area contributed by atoms with Gasteiger partial charge in [0.1, 0.15) is 18.0 Å². The number of nitrogens with zero attached hydrogens (tertiary/aromatic N) is 2. The Labute approximate surface area is 317 Å². The molecule has 1 aromatic carbocycles. The Bertz CT molecular complexity index is 1540. The summed E-state index contributed by atoms with van der Waals surface area (Å²) in [6, 6.07) is 3.70. The van der Waals surface area contributed by atoms with Crippen LogP contribution in [-0.4, -0.2) is 114 Å². The number of hydrogen-bond donors (Lipinski definition) is 1. The van der Waals surface area contributed by atoms with Crippen LogP contribution in [0.4, 0.5) is 18.0 Å². The van der Waals surface area contributed by atoms with Gasteiger partial charge in [0.25, 0.3) is 0 Å². The molecule has 11 nitrogen and oxygen atoms in total. The van der Waals surface area contributed by atoms with E-state index in [2.05, 4.69) is 0 Å². The fraction of sp³-hybridized carbons (Fsp3) is 0.725. The number of ketones is 1. The van der Waals surface area contributed by atoms with E-state index < -0.39 is 83.4 Å². The Balaban J connectivity index is 1.76. The second-order valence-electron chi connectivity index (χ2n) is 16.1. The largest absolute Gasteiger partial charge is 0.455 e. The van der Waals surface area contributed by atoms with Crippen molar-refractivity contribution >= 4 is 17.8 Å². The fourth-order valence-electron chi connectivity index (χ4n) is 8.77. The van der Waals surface area contributed by atoms with Gasteiger partial charge in [-0.3, -0.25) is 9.69 Å². The highest BCUT2D eigenvalue weighted by Gasteiger charge is 2.60. The maximum Gasteiger partial charge on any atom is 0.416 e. The molecule has 1 amide bonds. The van der Waals surface area contributed by atoms with Crippen LogP contribution in [0.15, 0.2) is 35.9 Å². The van der Waals surface area contributed by atoms with Crippen molar-refractivity contribution in [2.45, 2.75) is 141 Å². The molecule has 0 radical (unpaired) electrons. The SMILES string of the molecule is CC[C@H]1OC(=O)/C(C)=C/[C@H](C)[C@@H](O[C@@H]2O[C@H](C)C[C@H](N(C)C)[C@H]2O)[C@](C)(OC)C[C@@H](C)C(=O)[C@H](C)[C@H]2N(CCc3cccc(C(F)(F)F)c3)C(=O)O[C@]12C. The number of carbonyl (C=O) groups is 3. The second kappa shape index (κ2) is 17.0. The summed E-state index contributed by atoms with van der Waals surface area (Å²) in [5, 5.41) is 11.4. The lowest BCUT2D eigenvalue weighted by molar-refractivity contribution is -0.294. The molecule has 54 heavy (non-hydrogen) atoms. The first-order chi connectivity index (χ1) is 25.1. The van der Waals surface area contributed by atoms with Gasteiger partial charge in [-0.1, -0.05) is 52.0 Å². The summed E-state index contributed by atoms with van der Waals surface area (Å²) in [6.45, 7) is 14.1. The van der Waals surface area contributed by atoms with Gasteiger partial charge in [-0.2, -0.15) is 13.2 Å². The summed E-state index contributed by atoms with van der Waals surface area (Å²) < 4.78 is 71.6. The van der Waals surface area contributed by atoms with Crippen molar-refractivity contribution in [1.82, 2.24) is 9.80 Å². The maximum atomic E-state index is 14.6. The number of cyclic esters (lactones) is 1. The van der Waals surface area contributed by atoms with E-state index >= 15 is 0 Å². The minimum atomic E-state index is -4.54. The lowest BCUT2D eigenvalue weighted by Crippen LogP contribution is -2.59. The molecule has 3 aliphatic rings. The Morgan fingerprint density at radius 3 is 2.35 bits per heavy atom. The van der Waals surface area contributed by atoms with Crippen LogP contribution < -0.4 is 0 Å². The highest BCUT2D eigenvalue weighted by atomic mass is 19.4. The van der Waals surface area contributed by atoms with E-state index in [-0.39, 0.29) is 49.3 Å². The summed E-state index contributed by atoms with van der Waals surface area (Å²) in [6.07, 6.45) is -6.60. The normalized spacial score (nSPS) is 38.3. The number of likely N-dealkylation sites (N-methyl/N-ethyl adjacent to an activating group) is 1. The number of aliphatic hydroxyl groups excluding tert-OH is 1. The number of benzene rings is 1. The third-order valence-corrected chi connectivity index (χ3v) is 11.7. The second-order valence-corrected chi connectivity index (χ2v) is 16.1. The summed E-state index contributed by atoms with van der Waals surface area (Å²) in [4.78, 5) is 45.4. The zero-order chi connectivity index (χ0) is 40.5. The van der Waals surface area contributed by atoms with E-state index in [0.29, 0.717) is 12.0 Å². The van der Waals surface area contributed by atoms with Gasteiger partial charge >= 0.3 is 18.2 Å². The van der Waals surface area contributed by atoms with Crippen molar-refractivity contribution in [3.63, 3.8) is 0 Å². The molecule has 304 valence electrons. The van der Waals surface area contributed by atoms with E-state index in [1.165, 1.54) is 18.1 Å². The van der Waals surface area contributed by atoms with Gasteiger partial charge in [-0.05, 0) is 79.1 Å². The summed E-state index contributed by atoms with van der Waals surface area (Å²) in [7, 11) is 5.27. The topological polar surface area (TPSA) is 124 Å². The van der Waals surface area contributed by atoms with Gasteiger partial charge in [-0.15, -0.1) is 0 Å². The van der Waals surface area contributed by atoms with Crippen molar-refractivity contribution < 1.29 is 56.3 Å². The molecule has 0 spiro atoms. The molecular weight excluding hydrogens is 709 g/mol. The molecule has 4 rings (SSSR count). The third kappa shape index (κ3) is 9.15. The van der Waals surface area contributed by atoms with Crippen LogP contribution in [-0.2, 0) is 45.9 Å². The molecule has 0 unspecified atom stereocenters. The van der Waals surface area contributed by atoms with Gasteiger partial charge in [0.05, 0.1) is 29.4 Å². The molecule has 0 bridgehead atoms. The number of halogens is 3. The number of amides is 1. The van der Waals surface area contributed by atoms with Crippen molar-refractivity contribution in [3.05, 3.63) is 47.0 Å². The van der Waals surface area contributed by atoms with Gasteiger partial charge in [0, 0.05) is 43.0 Å². The summed E-state index contributed by atoms with van der Waals surface area (Å²) in [5.74, 6) is -2.91. The minimum absolute atomic E-state index is 0.0466. The molecule has 0 aromatic heterocycles. The molecule has 3 heterocycles. The van der Waals surface area contributed by atoms with E-state index in [4.69, 9.17) is 23.7 Å². The van der Waals surface area contributed by atoms with E-state index in [1.54, 1.807) is 46.8 Å². The molecule has 2 fully saturated rings. The molecule has 12 atom stereocenters. The Morgan fingerprint density at radius 1 is 1.09 bits per heavy atom. The number of fused-ring (bicyclic) bond motifs is 1. The summed E-state index contributed by atoms with van der Waals surface area (Å²) in [5.41, 5.74) is -2.83. The first-order valence-electron chi connectivity index (χ1n) is 18.9. The Morgan fingerprint density at radius 2 is 1.76 bits per heavy atom. The number of aliphatic hydroxyl groups is 1. The van der Waals surface area contributed by atoms with E-state index in [1.807, 2.05) is 39.8 Å². The number of alkyl halides is 3. The van der Waals surface area contributed by atoms with Gasteiger partial charge in [0.15, 0.2) is 11.9 Å². The first-order valence-corrected chi connectivity index (χ1v) is 18.9. The van der Waals surface area contributed by atoms with Crippen LogP contribution >= 0.6 is 0 Å². The van der Waals surface area contributed by atoms with Crippen LogP contribution in [0.1, 0.15) is 85.8 Å². The zero-order valence-electron chi connectivity index (χ0n) is 33.4. The smallest absolute Gasteiger partial charge is 0.416 e. The number of carbonyl (C=O) groups excluding carboxylic acids is 3.